The van der Waals surface area contributed by atoms with E-state index >= 15 is 0 Å². The molecule has 0 aliphatic carbocycles. The molecule has 4 rings (SSSR count). The summed E-state index contributed by atoms with van der Waals surface area (Å²) in [4.78, 5) is 6.22. The van der Waals surface area contributed by atoms with Gasteiger partial charge in [0, 0.05) is 24.3 Å². The molecule has 3 aromatic rings. The van der Waals surface area contributed by atoms with E-state index in [1.54, 1.807) is 36.4 Å². The SMILES string of the molecule is CCN(CC)c1ccc2c(c1)O[B-](F)(F)[N+](c1nc3ccccc3o1)=C2. The normalized spacial score (nSPS) is 15.3. The van der Waals surface area contributed by atoms with Crippen molar-refractivity contribution in [1.82, 2.24) is 4.98 Å². The molecule has 26 heavy (non-hydrogen) atoms. The summed E-state index contributed by atoms with van der Waals surface area (Å²) in [6.07, 6.45) is 1.33. The summed E-state index contributed by atoms with van der Waals surface area (Å²) in [5.41, 5.74) is 2.37. The molecule has 0 atom stereocenters. The first-order valence-corrected chi connectivity index (χ1v) is 8.60. The molecule has 8 heteroatoms. The van der Waals surface area contributed by atoms with Gasteiger partial charge in [0.1, 0.15) is 0 Å². The summed E-state index contributed by atoms with van der Waals surface area (Å²) < 4.78 is 40.6. The average Bonchev–Trinajstić information content (AvgIpc) is 3.05. The number of rotatable bonds is 4. The molecule has 1 aliphatic rings. The molecular weight excluding hydrogens is 339 g/mol. The summed E-state index contributed by atoms with van der Waals surface area (Å²) >= 11 is 0. The molecule has 2 heterocycles. The minimum atomic E-state index is -4.34. The Labute approximate surface area is 149 Å². The van der Waals surface area contributed by atoms with Crippen molar-refractivity contribution in [2.75, 3.05) is 18.0 Å². The molecule has 0 bridgehead atoms. The molecule has 0 radical (unpaired) electrons. The Bertz CT molecular complexity index is 966. The monoisotopic (exact) mass is 357 g/mol. The molecule has 0 amide bonds. The minimum Gasteiger partial charge on any atom is -0.622 e. The lowest BCUT2D eigenvalue weighted by atomic mass is 10.00. The fraction of sp³-hybridized carbons (Fsp3) is 0.222. The van der Waals surface area contributed by atoms with Gasteiger partial charge in [-0.25, -0.2) is 0 Å². The van der Waals surface area contributed by atoms with Gasteiger partial charge in [0.15, 0.2) is 5.58 Å². The molecule has 0 fully saturated rings. The molecule has 0 saturated carbocycles. The second-order valence-corrected chi connectivity index (χ2v) is 6.07. The Morgan fingerprint density at radius 3 is 2.62 bits per heavy atom. The van der Waals surface area contributed by atoms with E-state index in [-0.39, 0.29) is 11.8 Å². The van der Waals surface area contributed by atoms with Crippen molar-refractivity contribution in [1.29, 1.82) is 0 Å². The molecule has 0 saturated heterocycles. The first-order chi connectivity index (χ1) is 12.5. The van der Waals surface area contributed by atoms with Crippen molar-refractivity contribution in [3.05, 3.63) is 48.0 Å². The largest absolute Gasteiger partial charge is 0.736 e. The van der Waals surface area contributed by atoms with E-state index in [1.165, 1.54) is 6.21 Å². The first-order valence-electron chi connectivity index (χ1n) is 8.60. The third-order valence-corrected chi connectivity index (χ3v) is 4.50. The van der Waals surface area contributed by atoms with Gasteiger partial charge in [-0.3, -0.25) is 4.49 Å². The molecule has 0 spiro atoms. The number of hydrogen-bond acceptors (Lipinski definition) is 4. The van der Waals surface area contributed by atoms with E-state index in [4.69, 9.17) is 9.07 Å². The topological polar surface area (TPSA) is 41.5 Å². The van der Waals surface area contributed by atoms with E-state index in [9.17, 15) is 8.63 Å². The summed E-state index contributed by atoms with van der Waals surface area (Å²) in [5, 5.41) is 0. The average molecular weight is 357 g/mol. The molecule has 5 nitrogen and oxygen atoms in total. The van der Waals surface area contributed by atoms with E-state index in [2.05, 4.69) is 9.88 Å². The lowest BCUT2D eigenvalue weighted by molar-refractivity contribution is -0.364. The van der Waals surface area contributed by atoms with Gasteiger partial charge < -0.3 is 22.6 Å². The molecular formula is C18H18BF2N3O2. The number of para-hydroxylation sites is 2. The number of oxazole rings is 1. The summed E-state index contributed by atoms with van der Waals surface area (Å²) in [6.45, 7) is 5.61. The second-order valence-electron chi connectivity index (χ2n) is 6.07. The molecule has 2 aromatic carbocycles. The van der Waals surface area contributed by atoms with Gasteiger partial charge in [-0.15, -0.1) is 0 Å². The van der Waals surface area contributed by atoms with Gasteiger partial charge in [-0.05, 0) is 49.2 Å². The van der Waals surface area contributed by atoms with Crippen molar-refractivity contribution < 1.29 is 22.2 Å². The van der Waals surface area contributed by atoms with Crippen LogP contribution in [0, 0.1) is 0 Å². The van der Waals surface area contributed by atoms with Gasteiger partial charge >= 0.3 is 13.1 Å². The number of halogens is 2. The Morgan fingerprint density at radius 2 is 1.88 bits per heavy atom. The van der Waals surface area contributed by atoms with Crippen LogP contribution in [-0.2, 0) is 0 Å². The zero-order valence-corrected chi connectivity index (χ0v) is 14.5. The Morgan fingerprint density at radius 1 is 1.12 bits per heavy atom. The van der Waals surface area contributed by atoms with Crippen LogP contribution in [0.1, 0.15) is 19.4 Å². The Kier molecular flexibility index (Phi) is 3.90. The second kappa shape index (κ2) is 6.12. The maximum Gasteiger partial charge on any atom is 0.736 e. The highest BCUT2D eigenvalue weighted by atomic mass is 19.3. The van der Waals surface area contributed by atoms with Crippen LogP contribution in [0.15, 0.2) is 46.9 Å². The molecule has 134 valence electrons. The quantitative estimate of drug-likeness (QED) is 0.656. The maximum absolute atomic E-state index is 14.7. The zero-order valence-electron chi connectivity index (χ0n) is 14.5. The highest BCUT2D eigenvalue weighted by molar-refractivity contribution is 6.52. The number of anilines is 1. The van der Waals surface area contributed by atoms with Crippen molar-refractivity contribution in [3.63, 3.8) is 0 Å². The predicted molar refractivity (Wildman–Crippen MR) is 97.7 cm³/mol. The van der Waals surface area contributed by atoms with Crippen LogP contribution >= 0.6 is 0 Å². The van der Waals surface area contributed by atoms with Crippen LogP contribution in [0.3, 0.4) is 0 Å². The van der Waals surface area contributed by atoms with Crippen LogP contribution in [0.5, 0.6) is 5.75 Å². The third-order valence-electron chi connectivity index (χ3n) is 4.50. The molecule has 0 unspecified atom stereocenters. The number of benzene rings is 2. The maximum atomic E-state index is 14.7. The van der Waals surface area contributed by atoms with Crippen LogP contribution in [0.2, 0.25) is 0 Å². The molecule has 1 aromatic heterocycles. The smallest absolute Gasteiger partial charge is 0.622 e. The van der Waals surface area contributed by atoms with Crippen molar-refractivity contribution in [3.8, 4) is 5.75 Å². The van der Waals surface area contributed by atoms with Crippen LogP contribution in [0.4, 0.5) is 20.3 Å². The number of aromatic nitrogens is 1. The third kappa shape index (κ3) is 2.71. The Balaban J connectivity index is 1.79. The number of nitrogens with zero attached hydrogens (tertiary/aromatic N) is 3. The molecule has 0 N–H and O–H groups in total. The number of hydrogen-bond donors (Lipinski definition) is 0. The summed E-state index contributed by atoms with van der Waals surface area (Å²) in [7, 11) is -4.34. The lowest BCUT2D eigenvalue weighted by Gasteiger charge is -2.31. The van der Waals surface area contributed by atoms with Crippen molar-refractivity contribution in [2.45, 2.75) is 13.8 Å². The standard InChI is InChI=1S/C18H18BF2N3O2/c1-3-23(4-2)14-10-9-13-12-24(19(20,21)26-17(13)11-14)18-22-15-7-5-6-8-16(15)25-18/h5-12H,3-4H2,1-2H3. The van der Waals surface area contributed by atoms with Gasteiger partial charge in [0.25, 0.3) is 0 Å². The van der Waals surface area contributed by atoms with E-state index < -0.39 is 7.04 Å². The van der Waals surface area contributed by atoms with Crippen molar-refractivity contribution in [2.24, 2.45) is 0 Å². The van der Waals surface area contributed by atoms with E-state index in [1.807, 2.05) is 19.9 Å². The highest BCUT2D eigenvalue weighted by Crippen LogP contribution is 2.34. The predicted octanol–water partition coefficient (Wildman–Crippen LogP) is 4.20. The van der Waals surface area contributed by atoms with Crippen LogP contribution in [-0.4, -0.2) is 35.8 Å². The zero-order chi connectivity index (χ0) is 18.3. The molecule has 1 aliphatic heterocycles. The number of fused-ring (bicyclic) bond motifs is 2. The highest BCUT2D eigenvalue weighted by Gasteiger charge is 2.47. The summed E-state index contributed by atoms with van der Waals surface area (Å²) in [5.74, 6) is 0.159. The fourth-order valence-electron chi connectivity index (χ4n) is 3.12. The first kappa shape index (κ1) is 16.6. The lowest BCUT2D eigenvalue weighted by Crippen LogP contribution is -2.46. The van der Waals surface area contributed by atoms with Gasteiger partial charge in [-0.1, -0.05) is 12.1 Å². The van der Waals surface area contributed by atoms with Crippen LogP contribution in [0.25, 0.3) is 11.1 Å². The summed E-state index contributed by atoms with van der Waals surface area (Å²) in [6, 6.07) is 12.1. The van der Waals surface area contributed by atoms with E-state index in [0.29, 0.717) is 21.1 Å². The minimum absolute atomic E-state index is 0.159. The Hall–Kier alpha value is -2.90. The fourth-order valence-corrected chi connectivity index (χ4v) is 3.12. The van der Waals surface area contributed by atoms with Gasteiger partial charge in [0.05, 0.1) is 12.0 Å². The van der Waals surface area contributed by atoms with Crippen LogP contribution < -0.4 is 9.55 Å². The van der Waals surface area contributed by atoms with Gasteiger partial charge in [0.2, 0.25) is 5.52 Å². The van der Waals surface area contributed by atoms with E-state index in [0.717, 1.165) is 18.8 Å². The van der Waals surface area contributed by atoms with Crippen molar-refractivity contribution >= 4 is 36.1 Å². The van der Waals surface area contributed by atoms with Gasteiger partial charge in [-0.2, -0.15) is 0 Å².